The quantitative estimate of drug-likeness (QED) is 0.298. The first-order valence-electron chi connectivity index (χ1n) is 14.1. The van der Waals surface area contributed by atoms with Gasteiger partial charge >= 0.3 is 0 Å². The number of amides is 1. The number of aromatic nitrogens is 3. The zero-order chi connectivity index (χ0) is 28.0. The van der Waals surface area contributed by atoms with Gasteiger partial charge in [0.05, 0.1) is 16.7 Å². The molecule has 1 fully saturated rings. The summed E-state index contributed by atoms with van der Waals surface area (Å²) in [6.45, 7) is 10.4. The first-order chi connectivity index (χ1) is 19.3. The predicted molar refractivity (Wildman–Crippen MR) is 155 cm³/mol. The van der Waals surface area contributed by atoms with Crippen molar-refractivity contribution < 1.29 is 9.18 Å². The molecule has 4 aromatic rings. The molecule has 0 unspecified atom stereocenters. The number of aryl methyl sites for hydroxylation is 2. The third-order valence-electron chi connectivity index (χ3n) is 8.34. The molecule has 40 heavy (non-hydrogen) atoms. The van der Waals surface area contributed by atoms with Gasteiger partial charge in [0.15, 0.2) is 0 Å². The normalized spacial score (nSPS) is 16.2. The number of nitrogens with one attached hydrogen (secondary N) is 3. The van der Waals surface area contributed by atoms with Crippen molar-refractivity contribution in [3.8, 4) is 11.4 Å². The van der Waals surface area contributed by atoms with Gasteiger partial charge in [-0.2, -0.15) is 0 Å². The van der Waals surface area contributed by atoms with Crippen LogP contribution in [0.1, 0.15) is 52.4 Å². The monoisotopic (exact) mass is 542 g/mol. The van der Waals surface area contributed by atoms with E-state index in [-0.39, 0.29) is 23.3 Å². The van der Waals surface area contributed by atoms with E-state index in [2.05, 4.69) is 20.2 Å². The number of hydrogen-bond donors (Lipinski definition) is 3. The SMILES string of the molecule is Cc1ccc(F)cc1C[C@H](C)Nc1cc[nH]c(=O)c1-c1nc2c(C)c3c(cc2[nH]1)C(=O)N(CCN1CCCC1)C3. The van der Waals surface area contributed by atoms with Gasteiger partial charge in [0.25, 0.3) is 11.5 Å². The first kappa shape index (κ1) is 26.3. The molecule has 1 atom stereocenters. The van der Waals surface area contributed by atoms with Crippen LogP contribution in [0.3, 0.4) is 0 Å². The van der Waals surface area contributed by atoms with Crippen molar-refractivity contribution in [3.63, 3.8) is 0 Å². The Hall–Kier alpha value is -3.98. The number of hydrogen-bond acceptors (Lipinski definition) is 5. The minimum absolute atomic E-state index is 0.0525. The molecule has 3 N–H and O–H groups in total. The van der Waals surface area contributed by atoms with Crippen molar-refractivity contribution in [2.45, 2.75) is 52.6 Å². The van der Waals surface area contributed by atoms with E-state index >= 15 is 0 Å². The van der Waals surface area contributed by atoms with Gasteiger partial charge in [-0.05, 0) is 99.6 Å². The van der Waals surface area contributed by atoms with Crippen LogP contribution in [0, 0.1) is 19.7 Å². The van der Waals surface area contributed by atoms with E-state index in [4.69, 9.17) is 4.98 Å². The number of aromatic amines is 2. The standard InChI is InChI=1S/C31H35FN6O2/c1-18-6-7-22(32)15-21(18)14-19(2)34-25-8-9-33-30(39)27(25)29-35-26-16-23-24(20(3)28(26)36-29)17-38(31(23)40)13-12-37-10-4-5-11-37/h6-9,15-16,19H,4-5,10-14,17H2,1-3H3,(H,35,36)(H2,33,34,39)/t19-/m0/s1. The number of pyridine rings is 1. The van der Waals surface area contributed by atoms with Gasteiger partial charge in [-0.15, -0.1) is 0 Å². The van der Waals surface area contributed by atoms with E-state index < -0.39 is 0 Å². The van der Waals surface area contributed by atoms with E-state index in [1.54, 1.807) is 18.3 Å². The Labute approximate surface area is 232 Å². The van der Waals surface area contributed by atoms with Crippen molar-refractivity contribution >= 4 is 22.6 Å². The maximum absolute atomic E-state index is 13.8. The van der Waals surface area contributed by atoms with Gasteiger partial charge in [0.2, 0.25) is 0 Å². The second-order valence-electron chi connectivity index (χ2n) is 11.2. The molecule has 4 heterocycles. The van der Waals surface area contributed by atoms with E-state index in [1.807, 2.05) is 37.8 Å². The number of rotatable bonds is 8. The van der Waals surface area contributed by atoms with Gasteiger partial charge in [-0.1, -0.05) is 6.07 Å². The molecule has 208 valence electrons. The molecule has 2 aliphatic heterocycles. The molecule has 0 spiro atoms. The maximum Gasteiger partial charge on any atom is 0.261 e. The highest BCUT2D eigenvalue weighted by Gasteiger charge is 2.31. The largest absolute Gasteiger partial charge is 0.381 e. The third-order valence-corrected chi connectivity index (χ3v) is 8.34. The van der Waals surface area contributed by atoms with Crippen LogP contribution >= 0.6 is 0 Å². The summed E-state index contributed by atoms with van der Waals surface area (Å²) in [7, 11) is 0. The Morgan fingerprint density at radius 2 is 1.90 bits per heavy atom. The lowest BCUT2D eigenvalue weighted by Crippen LogP contribution is -2.34. The summed E-state index contributed by atoms with van der Waals surface area (Å²) in [6.07, 6.45) is 4.67. The van der Waals surface area contributed by atoms with Crippen LogP contribution in [0.5, 0.6) is 0 Å². The van der Waals surface area contributed by atoms with Gasteiger partial charge in [-0.3, -0.25) is 9.59 Å². The molecular formula is C31H35FN6O2. The highest BCUT2D eigenvalue weighted by molar-refractivity contribution is 6.03. The van der Waals surface area contributed by atoms with Crippen LogP contribution < -0.4 is 10.9 Å². The number of fused-ring (bicyclic) bond motifs is 2. The number of nitrogens with zero attached hydrogens (tertiary/aromatic N) is 3. The summed E-state index contributed by atoms with van der Waals surface area (Å²) in [5.41, 5.74) is 6.89. The lowest BCUT2D eigenvalue weighted by molar-refractivity contribution is 0.0763. The van der Waals surface area contributed by atoms with Gasteiger partial charge < -0.3 is 25.1 Å². The number of anilines is 1. The fourth-order valence-corrected chi connectivity index (χ4v) is 6.09. The third kappa shape index (κ3) is 4.90. The first-order valence-corrected chi connectivity index (χ1v) is 14.1. The van der Waals surface area contributed by atoms with E-state index in [1.165, 1.54) is 18.9 Å². The van der Waals surface area contributed by atoms with Crippen molar-refractivity contribution in [1.82, 2.24) is 24.8 Å². The molecule has 0 bridgehead atoms. The second kappa shape index (κ2) is 10.5. The number of carbonyl (C=O) groups excluding carboxylic acids is 1. The van der Waals surface area contributed by atoms with E-state index in [0.717, 1.165) is 59.5 Å². The molecule has 6 rings (SSSR count). The Morgan fingerprint density at radius 1 is 1.10 bits per heavy atom. The zero-order valence-electron chi connectivity index (χ0n) is 23.2. The number of imidazole rings is 1. The molecule has 1 amide bonds. The highest BCUT2D eigenvalue weighted by atomic mass is 19.1. The molecule has 0 aliphatic carbocycles. The van der Waals surface area contributed by atoms with Crippen LogP contribution in [-0.4, -0.2) is 62.9 Å². The molecule has 8 nitrogen and oxygen atoms in total. The van der Waals surface area contributed by atoms with Crippen molar-refractivity contribution in [2.75, 3.05) is 31.5 Å². The summed E-state index contributed by atoms with van der Waals surface area (Å²) >= 11 is 0. The number of halogens is 1. The van der Waals surface area contributed by atoms with Gasteiger partial charge in [-0.25, -0.2) is 9.37 Å². The van der Waals surface area contributed by atoms with Crippen molar-refractivity contribution in [3.05, 3.63) is 80.5 Å². The van der Waals surface area contributed by atoms with Gasteiger partial charge in [0.1, 0.15) is 17.2 Å². The van der Waals surface area contributed by atoms with E-state index in [0.29, 0.717) is 35.6 Å². The van der Waals surface area contributed by atoms with Crippen LogP contribution in [0.4, 0.5) is 10.1 Å². The second-order valence-corrected chi connectivity index (χ2v) is 11.2. The molecule has 0 radical (unpaired) electrons. The molecule has 0 saturated carbocycles. The fourth-order valence-electron chi connectivity index (χ4n) is 6.09. The minimum atomic E-state index is -0.271. The van der Waals surface area contributed by atoms with Crippen LogP contribution in [-0.2, 0) is 13.0 Å². The minimum Gasteiger partial charge on any atom is -0.381 e. The van der Waals surface area contributed by atoms with Crippen LogP contribution in [0.2, 0.25) is 0 Å². The number of likely N-dealkylation sites (tertiary alicyclic amines) is 1. The zero-order valence-corrected chi connectivity index (χ0v) is 23.2. The average molecular weight is 543 g/mol. The van der Waals surface area contributed by atoms with E-state index in [9.17, 15) is 14.0 Å². The molecule has 1 saturated heterocycles. The molecule has 2 aromatic heterocycles. The predicted octanol–water partition coefficient (Wildman–Crippen LogP) is 4.77. The van der Waals surface area contributed by atoms with Crippen molar-refractivity contribution in [2.24, 2.45) is 0 Å². The summed E-state index contributed by atoms with van der Waals surface area (Å²) in [6, 6.07) is 8.42. The highest BCUT2D eigenvalue weighted by Crippen LogP contribution is 2.33. The Balaban J connectivity index is 1.27. The Kier molecular flexibility index (Phi) is 6.92. The molecule has 2 aliphatic rings. The number of benzene rings is 2. The Morgan fingerprint density at radius 3 is 2.70 bits per heavy atom. The van der Waals surface area contributed by atoms with Crippen LogP contribution in [0.25, 0.3) is 22.4 Å². The topological polar surface area (TPSA) is 97.1 Å². The lowest BCUT2D eigenvalue weighted by atomic mass is 10.0. The maximum atomic E-state index is 13.8. The van der Waals surface area contributed by atoms with Gasteiger partial charge in [0, 0.05) is 37.4 Å². The lowest BCUT2D eigenvalue weighted by Gasteiger charge is -2.20. The summed E-state index contributed by atoms with van der Waals surface area (Å²) < 4.78 is 13.8. The summed E-state index contributed by atoms with van der Waals surface area (Å²) in [4.78, 5) is 41.6. The Bertz CT molecular complexity index is 1650. The summed E-state index contributed by atoms with van der Waals surface area (Å²) in [5.74, 6) is 0.234. The fraction of sp³-hybridized carbons (Fsp3) is 0.387. The molecule has 2 aromatic carbocycles. The summed E-state index contributed by atoms with van der Waals surface area (Å²) in [5, 5.41) is 3.43. The van der Waals surface area contributed by atoms with Crippen molar-refractivity contribution in [1.29, 1.82) is 0 Å². The smallest absolute Gasteiger partial charge is 0.261 e. The van der Waals surface area contributed by atoms with Crippen LogP contribution in [0.15, 0.2) is 41.3 Å². The number of H-pyrrole nitrogens is 2. The average Bonchev–Trinajstić information content (AvgIpc) is 3.66. The molecule has 9 heteroatoms. The number of carbonyl (C=O) groups is 1. The molecular weight excluding hydrogens is 507 g/mol.